The van der Waals surface area contributed by atoms with Crippen LogP contribution in [0.3, 0.4) is 0 Å². The molecule has 0 aliphatic heterocycles. The Bertz CT molecular complexity index is 571. The van der Waals surface area contributed by atoms with E-state index in [2.05, 4.69) is 51.0 Å². The molecule has 1 rings (SSSR count). The van der Waals surface area contributed by atoms with Gasteiger partial charge in [0.2, 0.25) is 9.84 Å². The molecule has 0 fully saturated rings. The van der Waals surface area contributed by atoms with Crippen LogP contribution in [0.5, 0.6) is 0 Å². The smallest absolute Gasteiger partial charge is 0.251 e. The minimum Gasteiger partial charge on any atom is -0.352 e. The van der Waals surface area contributed by atoms with Crippen LogP contribution in [-0.2, 0) is 9.84 Å². The molecule has 1 aromatic carbocycles. The largest absolute Gasteiger partial charge is 0.352 e. The summed E-state index contributed by atoms with van der Waals surface area (Å²) < 4.78 is 23.1. The van der Waals surface area contributed by atoms with Crippen LogP contribution in [0, 0.1) is 5.92 Å². The van der Waals surface area contributed by atoms with E-state index in [-0.39, 0.29) is 10.8 Å². The zero-order valence-electron chi connectivity index (χ0n) is 11.3. The van der Waals surface area contributed by atoms with E-state index in [1.165, 1.54) is 12.1 Å². The topological polar surface area (TPSA) is 63.2 Å². The van der Waals surface area contributed by atoms with Crippen LogP contribution in [0.25, 0.3) is 0 Å². The molecular weight excluding hydrogens is 410 g/mol. The van der Waals surface area contributed by atoms with Crippen molar-refractivity contribution in [3.8, 4) is 0 Å². The molecule has 0 saturated heterocycles. The van der Waals surface area contributed by atoms with Gasteiger partial charge in [0, 0.05) is 12.1 Å². The first-order valence-electron chi connectivity index (χ1n) is 6.15. The summed E-state index contributed by atoms with van der Waals surface area (Å²) in [6.07, 6.45) is 0.884. The summed E-state index contributed by atoms with van der Waals surface area (Å²) in [5, 5.41) is 2.78. The lowest BCUT2D eigenvalue weighted by atomic mass is 10.1. The minimum atomic E-state index is -3.51. The van der Waals surface area contributed by atoms with Gasteiger partial charge in [-0.15, -0.1) is 0 Å². The van der Waals surface area contributed by atoms with E-state index < -0.39 is 12.9 Å². The third-order valence-corrected chi connectivity index (χ3v) is 7.00. The Hall–Kier alpha value is -0.400. The summed E-state index contributed by atoms with van der Waals surface area (Å²) >= 11 is 5.96. The van der Waals surface area contributed by atoms with E-state index >= 15 is 0 Å². The van der Waals surface area contributed by atoms with Gasteiger partial charge in [-0.1, -0.05) is 51.8 Å². The molecule has 4 nitrogen and oxygen atoms in total. The molecule has 112 valence electrons. The quantitative estimate of drug-likeness (QED) is 0.709. The second kappa shape index (κ2) is 7.56. The lowest BCUT2D eigenvalue weighted by molar-refractivity contribution is 0.0952. The fraction of sp³-hybridized carbons (Fsp3) is 0.462. The second-order valence-corrected chi connectivity index (χ2v) is 11.1. The van der Waals surface area contributed by atoms with Crippen LogP contribution in [-0.4, -0.2) is 23.9 Å². The summed E-state index contributed by atoms with van der Waals surface area (Å²) in [6.45, 7) is 4.73. The monoisotopic (exact) mass is 425 g/mol. The molecule has 0 aromatic heterocycles. The maximum absolute atomic E-state index is 12.0. The molecule has 0 unspecified atom stereocenters. The Kier molecular flexibility index (Phi) is 6.68. The van der Waals surface area contributed by atoms with Crippen molar-refractivity contribution in [3.63, 3.8) is 0 Å². The molecule has 1 N–H and O–H groups in total. The highest BCUT2D eigenvalue weighted by Crippen LogP contribution is 2.25. The zero-order chi connectivity index (χ0) is 15.3. The van der Waals surface area contributed by atoms with E-state index in [0.717, 1.165) is 6.42 Å². The normalized spacial score (nSPS) is 11.9. The first kappa shape index (κ1) is 17.7. The lowest BCUT2D eigenvalue weighted by Gasteiger charge is -2.09. The molecule has 1 aromatic rings. The van der Waals surface area contributed by atoms with Gasteiger partial charge in [-0.3, -0.25) is 4.79 Å². The van der Waals surface area contributed by atoms with Crippen molar-refractivity contribution >= 4 is 47.6 Å². The number of nitrogens with one attached hydrogen (secondary N) is 1. The van der Waals surface area contributed by atoms with Crippen molar-refractivity contribution in [2.45, 2.75) is 28.2 Å². The highest BCUT2D eigenvalue weighted by molar-refractivity contribution is 9.27. The Labute approximate surface area is 136 Å². The zero-order valence-corrected chi connectivity index (χ0v) is 15.3. The second-order valence-electron chi connectivity index (χ2n) is 4.77. The van der Waals surface area contributed by atoms with Gasteiger partial charge in [0.1, 0.15) is 0 Å². The summed E-state index contributed by atoms with van der Waals surface area (Å²) in [5.74, 6) is 0.243. The standard InChI is InChI=1S/C13H17Br2NO3S/c1-9(2)6-7-16-12(17)10-4-3-5-11(8-10)20(18,19)13(14)15/h3-5,8-9,13H,6-7H2,1-2H3,(H,16,17). The van der Waals surface area contributed by atoms with Gasteiger partial charge in [-0.2, -0.15) is 0 Å². The molecular formula is C13H17Br2NO3S. The van der Waals surface area contributed by atoms with Crippen LogP contribution in [0.4, 0.5) is 0 Å². The van der Waals surface area contributed by atoms with E-state index in [1.807, 2.05) is 0 Å². The molecule has 0 spiro atoms. The van der Waals surface area contributed by atoms with Gasteiger partial charge in [0.25, 0.3) is 5.91 Å². The Balaban J connectivity index is 2.86. The summed E-state index contributed by atoms with van der Waals surface area (Å²) in [4.78, 5) is 12.1. The highest BCUT2D eigenvalue weighted by Gasteiger charge is 2.23. The van der Waals surface area contributed by atoms with Crippen LogP contribution in [0.2, 0.25) is 0 Å². The van der Waals surface area contributed by atoms with Crippen molar-refractivity contribution in [1.29, 1.82) is 0 Å². The first-order chi connectivity index (χ1) is 9.25. The van der Waals surface area contributed by atoms with Gasteiger partial charge in [-0.25, -0.2) is 8.42 Å². The highest BCUT2D eigenvalue weighted by atomic mass is 79.9. The van der Waals surface area contributed by atoms with Gasteiger partial charge in [0.05, 0.1) is 4.90 Å². The number of benzene rings is 1. The average Bonchev–Trinajstić information content (AvgIpc) is 2.38. The summed E-state index contributed by atoms with van der Waals surface area (Å²) in [5.41, 5.74) is 0.343. The molecule has 0 radical (unpaired) electrons. The summed E-state index contributed by atoms with van der Waals surface area (Å²) in [7, 11) is -3.51. The summed E-state index contributed by atoms with van der Waals surface area (Å²) in [6, 6.07) is 6.01. The van der Waals surface area contributed by atoms with Gasteiger partial charge < -0.3 is 5.32 Å². The van der Waals surface area contributed by atoms with Crippen LogP contribution in [0.15, 0.2) is 29.2 Å². The number of amides is 1. The third-order valence-electron chi connectivity index (χ3n) is 2.67. The molecule has 1 amide bonds. The van der Waals surface area contributed by atoms with Crippen LogP contribution < -0.4 is 5.32 Å². The Morgan fingerprint density at radius 3 is 2.50 bits per heavy atom. The van der Waals surface area contributed by atoms with Crippen LogP contribution >= 0.6 is 31.9 Å². The van der Waals surface area contributed by atoms with Crippen LogP contribution in [0.1, 0.15) is 30.6 Å². The molecule has 0 atom stereocenters. The number of carbonyl (C=O) groups is 1. The number of halogens is 2. The van der Waals surface area contributed by atoms with E-state index in [4.69, 9.17) is 0 Å². The molecule has 0 aliphatic carbocycles. The molecule has 7 heteroatoms. The van der Waals surface area contributed by atoms with Gasteiger partial charge >= 0.3 is 0 Å². The Morgan fingerprint density at radius 2 is 1.95 bits per heavy atom. The maximum atomic E-state index is 12.0. The molecule has 0 heterocycles. The molecule has 0 saturated carbocycles. The number of alkyl halides is 2. The lowest BCUT2D eigenvalue weighted by Crippen LogP contribution is -2.25. The predicted octanol–water partition coefficient (Wildman–Crippen LogP) is 3.31. The van der Waals surface area contributed by atoms with Crippen molar-refractivity contribution in [2.75, 3.05) is 6.54 Å². The third kappa shape index (κ3) is 4.86. The van der Waals surface area contributed by atoms with Crippen molar-refractivity contribution in [3.05, 3.63) is 29.8 Å². The average molecular weight is 427 g/mol. The SMILES string of the molecule is CC(C)CCNC(=O)c1cccc(S(=O)(=O)C(Br)Br)c1. The van der Waals surface area contributed by atoms with Crippen molar-refractivity contribution in [1.82, 2.24) is 5.32 Å². The van der Waals surface area contributed by atoms with E-state index in [1.54, 1.807) is 12.1 Å². The van der Waals surface area contributed by atoms with Gasteiger partial charge in [-0.05, 0) is 30.5 Å². The first-order valence-corrected chi connectivity index (χ1v) is 9.53. The number of hydrogen-bond donors (Lipinski definition) is 1. The van der Waals surface area contributed by atoms with Crippen molar-refractivity contribution in [2.24, 2.45) is 5.92 Å². The maximum Gasteiger partial charge on any atom is 0.251 e. The number of rotatable bonds is 6. The number of sulfone groups is 1. The minimum absolute atomic E-state index is 0.104. The molecule has 0 aliphatic rings. The molecule has 20 heavy (non-hydrogen) atoms. The fourth-order valence-corrected chi connectivity index (χ4v) is 3.55. The van der Waals surface area contributed by atoms with E-state index in [9.17, 15) is 13.2 Å². The Morgan fingerprint density at radius 1 is 1.30 bits per heavy atom. The number of hydrogen-bond acceptors (Lipinski definition) is 3. The van der Waals surface area contributed by atoms with Crippen molar-refractivity contribution < 1.29 is 13.2 Å². The van der Waals surface area contributed by atoms with E-state index in [0.29, 0.717) is 18.0 Å². The molecule has 0 bridgehead atoms. The number of carbonyl (C=O) groups excluding carboxylic acids is 1. The van der Waals surface area contributed by atoms with Gasteiger partial charge in [0.15, 0.2) is 3.07 Å². The fourth-order valence-electron chi connectivity index (χ4n) is 1.49. The predicted molar refractivity (Wildman–Crippen MR) is 87.1 cm³/mol.